The van der Waals surface area contributed by atoms with E-state index in [0.29, 0.717) is 4.57 Å². The minimum atomic E-state index is -5.85. The first kappa shape index (κ1) is 25.2. The first-order valence-electron chi connectivity index (χ1n) is 7.17. The molecule has 0 bridgehead atoms. The van der Waals surface area contributed by atoms with E-state index >= 15 is 0 Å². The number of ether oxygens (including phenoxy) is 1. The molecule has 2 rings (SSSR count). The minimum absolute atomic E-state index is 0.0103. The predicted molar refractivity (Wildman–Crippen MR) is 94.5 cm³/mol. The first-order chi connectivity index (χ1) is 13.5. The van der Waals surface area contributed by atoms with Gasteiger partial charge in [-0.25, -0.2) is 18.5 Å². The van der Waals surface area contributed by atoms with Crippen LogP contribution in [0.4, 0.5) is 0 Å². The minimum Gasteiger partial charge on any atom is -0.383 e. The van der Waals surface area contributed by atoms with Crippen LogP contribution in [0.1, 0.15) is 6.23 Å². The van der Waals surface area contributed by atoms with Gasteiger partial charge in [0.05, 0.1) is 0 Å². The maximum atomic E-state index is 12.0. The molecule has 7 N–H and O–H groups in total. The monoisotopic (exact) mass is 510 g/mol. The lowest BCUT2D eigenvalue weighted by atomic mass is 9.98. The van der Waals surface area contributed by atoms with Crippen molar-refractivity contribution in [3.63, 3.8) is 0 Å². The molecule has 2 heterocycles. The SMILES string of the molecule is C#CC1(O)[C@@H](O)[C@@H](OP(=O)(O)OP(=O)(O)OP(=O)(O)O)O[C@H]1n1ccc(=S)[nH]c1=O. The molecule has 16 nitrogen and oxygen atoms in total. The largest absolute Gasteiger partial charge is 0.490 e. The Bertz CT molecular complexity index is 1120. The molecule has 1 aliphatic rings. The molecule has 3 unspecified atom stereocenters. The molecule has 168 valence electrons. The van der Waals surface area contributed by atoms with Gasteiger partial charge in [0.25, 0.3) is 0 Å². The van der Waals surface area contributed by atoms with E-state index < -0.39 is 53.4 Å². The lowest BCUT2D eigenvalue weighted by Crippen LogP contribution is -2.47. The molecule has 1 aromatic rings. The predicted octanol–water partition coefficient (Wildman–Crippen LogP) is -1.17. The van der Waals surface area contributed by atoms with E-state index in [0.717, 1.165) is 6.20 Å². The zero-order chi connectivity index (χ0) is 23.1. The number of nitrogens with one attached hydrogen (secondary N) is 1. The van der Waals surface area contributed by atoms with Crippen LogP contribution in [0.25, 0.3) is 0 Å². The molecule has 0 spiro atoms. The Labute approximate surface area is 171 Å². The Kier molecular flexibility index (Phi) is 7.12. The Morgan fingerprint density at radius 1 is 1.23 bits per heavy atom. The number of terminal acetylenes is 1. The zero-order valence-corrected chi connectivity index (χ0v) is 17.6. The van der Waals surface area contributed by atoms with E-state index in [4.69, 9.17) is 38.1 Å². The number of aliphatic hydroxyl groups excluding tert-OH is 1. The molecule has 1 aromatic heterocycles. The summed E-state index contributed by atoms with van der Waals surface area (Å²) in [5.74, 6) is 1.73. The molecule has 0 amide bonds. The van der Waals surface area contributed by atoms with Crippen LogP contribution in [0.2, 0.25) is 0 Å². The second-order valence-electron chi connectivity index (χ2n) is 5.49. The molecule has 1 aliphatic heterocycles. The third kappa shape index (κ3) is 5.80. The van der Waals surface area contributed by atoms with Crippen molar-refractivity contribution in [2.75, 3.05) is 0 Å². The number of aromatic amines is 1. The van der Waals surface area contributed by atoms with Gasteiger partial charge in [-0.2, -0.15) is 8.62 Å². The standard InChI is InChI=1S/C10H13N2O14P3S/c1-2-10(15)6(13)7(23-8(10)12-4-3-5(30)11-9(12)14)24-28(19,20)26-29(21,22)25-27(16,17)18/h1,3-4,6-8,13,15H,(H,19,20)(H,21,22)(H,11,14,30)(H2,16,17,18)/t6-,7+,8+,10?/m0/s1. The summed E-state index contributed by atoms with van der Waals surface area (Å²) in [6, 6.07) is 1.18. The number of nitrogens with zero attached hydrogens (tertiary/aromatic N) is 1. The first-order valence-corrected chi connectivity index (χ1v) is 12.1. The molecule has 30 heavy (non-hydrogen) atoms. The summed E-state index contributed by atoms with van der Waals surface area (Å²) in [6.07, 6.45) is -0.395. The molecule has 6 atom stereocenters. The molecule has 1 saturated heterocycles. The Balaban J connectivity index is 2.31. The van der Waals surface area contributed by atoms with Crippen LogP contribution in [0.5, 0.6) is 0 Å². The number of hydrogen-bond donors (Lipinski definition) is 7. The average molecular weight is 510 g/mol. The smallest absolute Gasteiger partial charge is 0.383 e. The van der Waals surface area contributed by atoms with Gasteiger partial charge in [0.1, 0.15) is 10.7 Å². The normalized spacial score (nSPS) is 30.9. The average Bonchev–Trinajstić information content (AvgIpc) is 2.76. The molecule has 20 heteroatoms. The number of aromatic nitrogens is 2. The molecule has 0 aromatic carbocycles. The number of aliphatic hydroxyl groups is 2. The maximum absolute atomic E-state index is 12.0. The van der Waals surface area contributed by atoms with E-state index in [9.17, 15) is 33.6 Å². The fourth-order valence-electron chi connectivity index (χ4n) is 2.22. The highest BCUT2D eigenvalue weighted by Gasteiger charge is 2.59. The van der Waals surface area contributed by atoms with Crippen molar-refractivity contribution in [3.8, 4) is 12.3 Å². The van der Waals surface area contributed by atoms with Gasteiger partial charge >= 0.3 is 29.2 Å². The summed E-state index contributed by atoms with van der Waals surface area (Å²) >= 11 is 4.73. The maximum Gasteiger partial charge on any atom is 0.490 e. The topological polar surface area (TPSA) is 247 Å². The fourth-order valence-corrected chi connectivity index (χ4v) is 5.45. The Morgan fingerprint density at radius 3 is 2.33 bits per heavy atom. The zero-order valence-electron chi connectivity index (χ0n) is 14.1. The van der Waals surface area contributed by atoms with Gasteiger partial charge < -0.3 is 34.5 Å². The lowest BCUT2D eigenvalue weighted by Gasteiger charge is -2.25. The van der Waals surface area contributed by atoms with Crippen LogP contribution in [0.3, 0.4) is 0 Å². The van der Waals surface area contributed by atoms with Crippen molar-refractivity contribution >= 4 is 35.7 Å². The summed E-state index contributed by atoms with van der Waals surface area (Å²) in [5.41, 5.74) is -3.69. The second-order valence-corrected chi connectivity index (χ2v) is 10.3. The van der Waals surface area contributed by atoms with Crippen molar-refractivity contribution in [3.05, 3.63) is 27.4 Å². The van der Waals surface area contributed by atoms with Crippen LogP contribution in [0.15, 0.2) is 17.1 Å². The lowest BCUT2D eigenvalue weighted by molar-refractivity contribution is -0.135. The van der Waals surface area contributed by atoms with Gasteiger partial charge in [-0.05, 0) is 6.07 Å². The second kappa shape index (κ2) is 8.47. The molecule has 0 aliphatic carbocycles. The highest BCUT2D eigenvalue weighted by Crippen LogP contribution is 2.67. The van der Waals surface area contributed by atoms with Crippen LogP contribution >= 0.6 is 35.7 Å². The number of rotatable bonds is 7. The van der Waals surface area contributed by atoms with Crippen molar-refractivity contribution in [2.24, 2.45) is 0 Å². The number of H-pyrrole nitrogens is 1. The molecule has 0 saturated carbocycles. The van der Waals surface area contributed by atoms with E-state index in [-0.39, 0.29) is 4.64 Å². The molecular formula is C10H13N2O14P3S. The van der Waals surface area contributed by atoms with Crippen LogP contribution in [-0.4, -0.2) is 57.3 Å². The summed E-state index contributed by atoms with van der Waals surface area (Å²) in [5, 5.41) is 20.7. The number of phosphoric acid groups is 3. The Hall–Kier alpha value is -1.05. The van der Waals surface area contributed by atoms with Crippen molar-refractivity contribution in [1.29, 1.82) is 0 Å². The van der Waals surface area contributed by atoms with E-state index in [1.807, 2.05) is 0 Å². The number of hydrogen-bond acceptors (Lipinski definition) is 11. The van der Waals surface area contributed by atoms with Gasteiger partial charge in [0.15, 0.2) is 6.23 Å². The third-order valence-electron chi connectivity index (χ3n) is 3.34. The van der Waals surface area contributed by atoms with Gasteiger partial charge in [-0.3, -0.25) is 14.1 Å². The number of phosphoric ester groups is 1. The van der Waals surface area contributed by atoms with E-state index in [1.54, 1.807) is 5.92 Å². The molecular weight excluding hydrogens is 497 g/mol. The van der Waals surface area contributed by atoms with Gasteiger partial charge in [0, 0.05) is 6.20 Å². The fraction of sp³-hybridized carbons (Fsp3) is 0.400. The van der Waals surface area contributed by atoms with Crippen LogP contribution < -0.4 is 5.69 Å². The molecule has 0 radical (unpaired) electrons. The van der Waals surface area contributed by atoms with Crippen molar-refractivity contribution in [1.82, 2.24) is 9.55 Å². The van der Waals surface area contributed by atoms with Gasteiger partial charge in [-0.1, -0.05) is 18.1 Å². The van der Waals surface area contributed by atoms with E-state index in [1.165, 1.54) is 6.07 Å². The quantitative estimate of drug-likeness (QED) is 0.130. The van der Waals surface area contributed by atoms with E-state index in [2.05, 4.69) is 18.1 Å². The van der Waals surface area contributed by atoms with Gasteiger partial charge in [-0.15, -0.1) is 6.42 Å². The Morgan fingerprint density at radius 2 is 1.83 bits per heavy atom. The van der Waals surface area contributed by atoms with Crippen molar-refractivity contribution in [2.45, 2.75) is 24.2 Å². The van der Waals surface area contributed by atoms with Crippen LogP contribution in [0, 0.1) is 17.0 Å². The highest BCUT2D eigenvalue weighted by molar-refractivity contribution is 7.71. The summed E-state index contributed by atoms with van der Waals surface area (Å²) < 4.78 is 50.8. The van der Waals surface area contributed by atoms with Crippen LogP contribution in [-0.2, 0) is 31.6 Å². The summed E-state index contributed by atoms with van der Waals surface area (Å²) in [7, 11) is -17.2. The summed E-state index contributed by atoms with van der Waals surface area (Å²) in [4.78, 5) is 49.8. The van der Waals surface area contributed by atoms with Crippen molar-refractivity contribution < 1.29 is 61.4 Å². The summed E-state index contributed by atoms with van der Waals surface area (Å²) in [6.45, 7) is 0. The van der Waals surface area contributed by atoms with Gasteiger partial charge in [0.2, 0.25) is 11.9 Å². The third-order valence-corrected chi connectivity index (χ3v) is 7.38. The highest BCUT2D eigenvalue weighted by atomic mass is 32.1. The molecule has 1 fully saturated rings.